The quantitative estimate of drug-likeness (QED) is 0.500. The summed E-state index contributed by atoms with van der Waals surface area (Å²) in [6.45, 7) is 5.82. The molecule has 1 saturated carbocycles. The van der Waals surface area contributed by atoms with Crippen LogP contribution in [-0.2, 0) is 0 Å². The summed E-state index contributed by atoms with van der Waals surface area (Å²) in [6.07, 6.45) is 7.85. The molecule has 9 nitrogen and oxygen atoms in total. The number of benzene rings is 1. The Bertz CT molecular complexity index is 1430. The third-order valence-electron chi connectivity index (χ3n) is 9.25. The molecule has 0 amide bonds. The van der Waals surface area contributed by atoms with Gasteiger partial charge in [-0.2, -0.15) is 0 Å². The van der Waals surface area contributed by atoms with Gasteiger partial charge in [0.25, 0.3) is 0 Å². The van der Waals surface area contributed by atoms with E-state index >= 15 is 0 Å². The van der Waals surface area contributed by atoms with Gasteiger partial charge in [0.2, 0.25) is 5.82 Å². The Hall–Kier alpha value is -3.90. The molecule has 3 N–H and O–H groups in total. The Balaban J connectivity index is 0.995. The summed E-state index contributed by atoms with van der Waals surface area (Å²) < 4.78 is 0. The molecular formula is C30H34N8O. The molecule has 1 aliphatic carbocycles. The van der Waals surface area contributed by atoms with Gasteiger partial charge in [-0.15, -0.1) is 10.2 Å². The van der Waals surface area contributed by atoms with Gasteiger partial charge in [0, 0.05) is 50.5 Å². The number of piperidine rings is 1. The van der Waals surface area contributed by atoms with Gasteiger partial charge in [0.15, 0.2) is 5.82 Å². The van der Waals surface area contributed by atoms with Crippen LogP contribution in [0.25, 0.3) is 11.3 Å². The second-order valence-corrected chi connectivity index (χ2v) is 11.6. The number of fused-ring (bicyclic) bond motifs is 1. The normalized spacial score (nSPS) is 23.5. The van der Waals surface area contributed by atoms with E-state index in [4.69, 9.17) is 10.7 Å². The zero-order chi connectivity index (χ0) is 26.4. The standard InChI is InChI=1S/C30H34N8O/c31-29-25(18-24(34-35-29)23-4-1-2-5-26(23)39)38-15-10-30(20-38)8-13-36(14-9-30)28-7-11-32-27(33-28)6-3-12-37-19-21-16-22(37)17-21/h1-2,4-5,7,11,18,21-22,39H,8-10,12-17,19-20H2,(H2,31,35). The van der Waals surface area contributed by atoms with Crippen molar-refractivity contribution in [1.82, 2.24) is 25.1 Å². The highest BCUT2D eigenvalue weighted by molar-refractivity contribution is 5.74. The van der Waals surface area contributed by atoms with Crippen LogP contribution >= 0.6 is 0 Å². The number of hydrogen-bond donors (Lipinski definition) is 2. The van der Waals surface area contributed by atoms with Gasteiger partial charge in [-0.25, -0.2) is 9.97 Å². The second kappa shape index (κ2) is 9.69. The molecular weight excluding hydrogens is 488 g/mol. The monoisotopic (exact) mass is 522 g/mol. The van der Waals surface area contributed by atoms with E-state index in [2.05, 4.69) is 41.7 Å². The average molecular weight is 523 g/mol. The molecule has 6 heterocycles. The fraction of sp³-hybridized carbons (Fsp3) is 0.467. The lowest BCUT2D eigenvalue weighted by Crippen LogP contribution is -2.42. The van der Waals surface area contributed by atoms with Crippen molar-refractivity contribution < 1.29 is 5.11 Å². The van der Waals surface area contributed by atoms with Crippen molar-refractivity contribution in [3.63, 3.8) is 0 Å². The van der Waals surface area contributed by atoms with E-state index in [9.17, 15) is 5.11 Å². The number of nitrogens with zero attached hydrogens (tertiary/aromatic N) is 7. The number of phenolic OH excluding ortho intramolecular Hbond substituents is 1. The Morgan fingerprint density at radius 2 is 1.82 bits per heavy atom. The van der Waals surface area contributed by atoms with Gasteiger partial charge >= 0.3 is 0 Å². The number of aromatic nitrogens is 4. The van der Waals surface area contributed by atoms with Crippen molar-refractivity contribution >= 4 is 17.3 Å². The summed E-state index contributed by atoms with van der Waals surface area (Å²) in [6, 6.07) is 11.9. The van der Waals surface area contributed by atoms with E-state index in [-0.39, 0.29) is 11.2 Å². The van der Waals surface area contributed by atoms with Crippen LogP contribution in [0, 0.1) is 23.2 Å². The summed E-state index contributed by atoms with van der Waals surface area (Å²) in [5, 5.41) is 18.8. The van der Waals surface area contributed by atoms with Gasteiger partial charge in [-0.1, -0.05) is 18.1 Å². The van der Waals surface area contributed by atoms with Crippen molar-refractivity contribution in [2.75, 3.05) is 54.8 Å². The van der Waals surface area contributed by atoms with Crippen LogP contribution in [0.4, 0.5) is 17.3 Å². The van der Waals surface area contributed by atoms with Crippen LogP contribution in [0.5, 0.6) is 5.75 Å². The molecule has 4 saturated heterocycles. The number of phenols is 1. The smallest absolute Gasteiger partial charge is 0.206 e. The zero-order valence-electron chi connectivity index (χ0n) is 22.1. The van der Waals surface area contributed by atoms with Crippen LogP contribution in [0.15, 0.2) is 42.6 Å². The Morgan fingerprint density at radius 3 is 2.59 bits per heavy atom. The zero-order valence-corrected chi connectivity index (χ0v) is 22.1. The van der Waals surface area contributed by atoms with E-state index in [1.54, 1.807) is 12.1 Å². The first-order valence-corrected chi connectivity index (χ1v) is 14.0. The molecule has 0 atom stereocenters. The molecule has 1 spiro atoms. The van der Waals surface area contributed by atoms with Crippen molar-refractivity contribution in [1.29, 1.82) is 0 Å². The maximum atomic E-state index is 10.3. The average Bonchev–Trinajstić information content (AvgIpc) is 3.65. The lowest BCUT2D eigenvalue weighted by molar-refractivity contribution is 0.250. The maximum Gasteiger partial charge on any atom is 0.206 e. The van der Waals surface area contributed by atoms with E-state index in [0.29, 0.717) is 22.9 Å². The van der Waals surface area contributed by atoms with E-state index < -0.39 is 0 Å². The lowest BCUT2D eigenvalue weighted by atomic mass is 9.78. The minimum Gasteiger partial charge on any atom is -0.507 e. The molecule has 200 valence electrons. The van der Waals surface area contributed by atoms with Gasteiger partial charge in [-0.3, -0.25) is 4.90 Å². The Morgan fingerprint density at radius 1 is 1.03 bits per heavy atom. The molecule has 0 unspecified atom stereocenters. The molecule has 2 bridgehead atoms. The number of rotatable bonds is 4. The first kappa shape index (κ1) is 24.2. The molecule has 8 rings (SSSR count). The van der Waals surface area contributed by atoms with E-state index in [1.165, 1.54) is 19.4 Å². The number of anilines is 3. The van der Waals surface area contributed by atoms with Crippen LogP contribution in [0.1, 0.15) is 37.9 Å². The van der Waals surface area contributed by atoms with Gasteiger partial charge in [0.05, 0.1) is 17.9 Å². The minimum absolute atomic E-state index is 0.189. The second-order valence-electron chi connectivity index (χ2n) is 11.6. The molecule has 5 fully saturated rings. The SMILES string of the molecule is Nc1nnc(-c2ccccc2O)cc1N1CCC2(CCN(c3ccnc(C#CCN4CC5CC4C5)n3)CC2)C1. The lowest BCUT2D eigenvalue weighted by Gasteiger charge is -2.40. The van der Waals surface area contributed by atoms with Crippen LogP contribution < -0.4 is 15.5 Å². The van der Waals surface area contributed by atoms with Gasteiger partial charge in [0.1, 0.15) is 11.6 Å². The van der Waals surface area contributed by atoms with Crippen molar-refractivity contribution in [3.05, 3.63) is 48.4 Å². The Labute approximate surface area is 229 Å². The molecule has 5 aliphatic rings. The largest absolute Gasteiger partial charge is 0.507 e. The fourth-order valence-corrected chi connectivity index (χ4v) is 6.85. The highest BCUT2D eigenvalue weighted by Crippen LogP contribution is 2.44. The molecule has 1 aromatic carbocycles. The third-order valence-corrected chi connectivity index (χ3v) is 9.25. The van der Waals surface area contributed by atoms with Gasteiger partial charge < -0.3 is 20.6 Å². The van der Waals surface area contributed by atoms with Crippen molar-refractivity contribution in [2.45, 2.75) is 38.1 Å². The molecule has 4 aliphatic heterocycles. The summed E-state index contributed by atoms with van der Waals surface area (Å²) >= 11 is 0. The molecule has 9 heteroatoms. The Kier molecular flexibility index (Phi) is 6.00. The summed E-state index contributed by atoms with van der Waals surface area (Å²) in [4.78, 5) is 16.4. The summed E-state index contributed by atoms with van der Waals surface area (Å²) in [7, 11) is 0. The van der Waals surface area contributed by atoms with Crippen molar-refractivity contribution in [2.24, 2.45) is 11.3 Å². The van der Waals surface area contributed by atoms with E-state index in [1.807, 2.05) is 30.5 Å². The predicted octanol–water partition coefficient (Wildman–Crippen LogP) is 3.16. The first-order chi connectivity index (χ1) is 19.1. The molecule has 2 aromatic heterocycles. The molecule has 0 radical (unpaired) electrons. The van der Waals surface area contributed by atoms with Crippen LogP contribution in [-0.4, -0.2) is 75.5 Å². The molecule has 3 aromatic rings. The van der Waals surface area contributed by atoms with Crippen molar-refractivity contribution in [3.8, 4) is 28.8 Å². The highest BCUT2D eigenvalue weighted by Gasteiger charge is 2.42. The number of para-hydroxylation sites is 1. The van der Waals surface area contributed by atoms with E-state index in [0.717, 1.165) is 75.5 Å². The number of nitrogen functional groups attached to an aromatic ring is 1. The topological polar surface area (TPSA) is 108 Å². The van der Waals surface area contributed by atoms with Gasteiger partial charge in [-0.05, 0) is 73.6 Å². The fourth-order valence-electron chi connectivity index (χ4n) is 6.85. The van der Waals surface area contributed by atoms with Crippen LogP contribution in [0.3, 0.4) is 0 Å². The number of aromatic hydroxyl groups is 1. The third kappa shape index (κ3) is 4.63. The number of hydrogen-bond acceptors (Lipinski definition) is 9. The molecule has 39 heavy (non-hydrogen) atoms. The first-order valence-electron chi connectivity index (χ1n) is 14.0. The predicted molar refractivity (Wildman–Crippen MR) is 151 cm³/mol. The highest BCUT2D eigenvalue weighted by atomic mass is 16.3. The number of nitrogens with two attached hydrogens (primary N) is 1. The summed E-state index contributed by atoms with van der Waals surface area (Å²) in [5.41, 5.74) is 8.71. The maximum absolute atomic E-state index is 10.3. The summed E-state index contributed by atoms with van der Waals surface area (Å²) in [5.74, 6) is 9.62. The minimum atomic E-state index is 0.189. The van der Waals surface area contributed by atoms with Crippen LogP contribution in [0.2, 0.25) is 0 Å².